The smallest absolute Gasteiger partial charge is 0.184 e. The molecule has 2 fully saturated rings. The summed E-state index contributed by atoms with van der Waals surface area (Å²) in [7, 11) is 1.70. The molecule has 2 rings (SSSR count). The van der Waals surface area contributed by atoms with E-state index < -0.39 is 0 Å². The van der Waals surface area contributed by atoms with Crippen LogP contribution in [0.5, 0.6) is 0 Å². The van der Waals surface area contributed by atoms with Crippen LogP contribution in [0.15, 0.2) is 0 Å². The van der Waals surface area contributed by atoms with E-state index in [-0.39, 0.29) is 24.6 Å². The highest BCUT2D eigenvalue weighted by atomic mass is 16.7. The normalized spacial score (nSPS) is 36.4. The predicted octanol–water partition coefficient (Wildman–Crippen LogP) is 2.11. The highest BCUT2D eigenvalue weighted by molar-refractivity contribution is 4.87. The molecule has 2 aliphatic heterocycles. The monoisotopic (exact) mass is 244 g/mol. The Morgan fingerprint density at radius 1 is 1.18 bits per heavy atom. The largest absolute Gasteiger partial charge is 0.376 e. The van der Waals surface area contributed by atoms with Crippen LogP contribution in [-0.4, -0.2) is 44.9 Å². The van der Waals surface area contributed by atoms with Crippen molar-refractivity contribution >= 4 is 0 Å². The number of unbranched alkanes of at least 4 members (excludes halogenated alkanes) is 3. The third-order valence-corrected chi connectivity index (χ3v) is 3.55. The molecular formula is C13H24O4. The van der Waals surface area contributed by atoms with Gasteiger partial charge in [-0.15, -0.1) is 0 Å². The van der Waals surface area contributed by atoms with Crippen LogP contribution < -0.4 is 0 Å². The zero-order valence-electron chi connectivity index (χ0n) is 10.9. The average Bonchev–Trinajstić information content (AvgIpc) is 2.77. The molecule has 4 heteroatoms. The molecule has 0 aliphatic carbocycles. The Morgan fingerprint density at radius 3 is 2.82 bits per heavy atom. The van der Waals surface area contributed by atoms with Crippen molar-refractivity contribution < 1.29 is 18.9 Å². The van der Waals surface area contributed by atoms with Gasteiger partial charge in [-0.2, -0.15) is 0 Å². The first-order valence-corrected chi connectivity index (χ1v) is 6.76. The van der Waals surface area contributed by atoms with Crippen LogP contribution in [0, 0.1) is 0 Å². The van der Waals surface area contributed by atoms with Crippen molar-refractivity contribution in [1.82, 2.24) is 0 Å². The van der Waals surface area contributed by atoms with E-state index in [0.717, 1.165) is 19.4 Å². The van der Waals surface area contributed by atoms with Crippen molar-refractivity contribution in [2.45, 2.75) is 63.6 Å². The minimum atomic E-state index is -0.176. The molecule has 2 saturated heterocycles. The maximum Gasteiger partial charge on any atom is 0.184 e. The fourth-order valence-corrected chi connectivity index (χ4v) is 2.47. The molecule has 0 saturated carbocycles. The minimum absolute atomic E-state index is 0.0226. The molecule has 0 radical (unpaired) electrons. The second-order valence-corrected chi connectivity index (χ2v) is 4.86. The minimum Gasteiger partial charge on any atom is -0.376 e. The molecule has 0 aromatic carbocycles. The molecule has 100 valence electrons. The van der Waals surface area contributed by atoms with Gasteiger partial charge >= 0.3 is 0 Å². The lowest BCUT2D eigenvalue weighted by Crippen LogP contribution is -2.44. The van der Waals surface area contributed by atoms with Gasteiger partial charge < -0.3 is 18.9 Å². The summed E-state index contributed by atoms with van der Waals surface area (Å²) in [5.41, 5.74) is 0. The second-order valence-electron chi connectivity index (χ2n) is 4.86. The molecule has 4 atom stereocenters. The van der Waals surface area contributed by atoms with Gasteiger partial charge in [0, 0.05) is 20.1 Å². The fourth-order valence-electron chi connectivity index (χ4n) is 2.47. The molecule has 0 aromatic rings. The Labute approximate surface area is 104 Å². The second kappa shape index (κ2) is 6.69. The van der Waals surface area contributed by atoms with E-state index in [2.05, 4.69) is 6.92 Å². The molecule has 0 spiro atoms. The molecule has 1 unspecified atom stereocenters. The van der Waals surface area contributed by atoms with Gasteiger partial charge in [-0.05, 0) is 6.42 Å². The molecule has 4 nitrogen and oxygen atoms in total. The van der Waals surface area contributed by atoms with Crippen LogP contribution in [0.25, 0.3) is 0 Å². The SMILES string of the molecule is CCCCCCO[C@H]1C[C@@H](OC)C2OC[C@H]1O2. The van der Waals surface area contributed by atoms with Crippen LogP contribution in [0.3, 0.4) is 0 Å². The summed E-state index contributed by atoms with van der Waals surface area (Å²) in [6.07, 6.45) is 5.92. The van der Waals surface area contributed by atoms with Gasteiger partial charge in [-0.3, -0.25) is 0 Å². The summed E-state index contributed by atoms with van der Waals surface area (Å²) in [6.45, 7) is 3.69. The van der Waals surface area contributed by atoms with Crippen molar-refractivity contribution in [3.63, 3.8) is 0 Å². The number of ether oxygens (including phenoxy) is 4. The van der Waals surface area contributed by atoms with Gasteiger partial charge in [-0.25, -0.2) is 0 Å². The quantitative estimate of drug-likeness (QED) is 0.643. The molecule has 2 aliphatic rings. The molecule has 2 bridgehead atoms. The number of methoxy groups -OCH3 is 1. The van der Waals surface area contributed by atoms with Crippen molar-refractivity contribution in [2.75, 3.05) is 20.3 Å². The summed E-state index contributed by atoms with van der Waals surface area (Å²) in [6, 6.07) is 0. The first-order valence-electron chi connectivity index (χ1n) is 6.76. The first kappa shape index (κ1) is 13.3. The summed E-state index contributed by atoms with van der Waals surface area (Å²) < 4.78 is 22.5. The Hall–Kier alpha value is -0.160. The Bertz CT molecular complexity index is 221. The maximum absolute atomic E-state index is 5.91. The zero-order chi connectivity index (χ0) is 12.1. The highest BCUT2D eigenvalue weighted by Gasteiger charge is 2.44. The van der Waals surface area contributed by atoms with Crippen molar-refractivity contribution in [3.8, 4) is 0 Å². The topological polar surface area (TPSA) is 36.9 Å². The van der Waals surface area contributed by atoms with Crippen LogP contribution in [-0.2, 0) is 18.9 Å². The highest BCUT2D eigenvalue weighted by Crippen LogP contribution is 2.31. The Kier molecular flexibility index (Phi) is 5.22. The maximum atomic E-state index is 5.91. The van der Waals surface area contributed by atoms with Gasteiger partial charge in [0.15, 0.2) is 6.29 Å². The Morgan fingerprint density at radius 2 is 2.06 bits per heavy atom. The van der Waals surface area contributed by atoms with E-state index >= 15 is 0 Å². The lowest BCUT2D eigenvalue weighted by atomic mass is 10.0. The van der Waals surface area contributed by atoms with E-state index in [1.807, 2.05) is 0 Å². The van der Waals surface area contributed by atoms with Crippen molar-refractivity contribution in [2.24, 2.45) is 0 Å². The van der Waals surface area contributed by atoms with Gasteiger partial charge in [-0.1, -0.05) is 26.2 Å². The predicted molar refractivity (Wildman–Crippen MR) is 63.9 cm³/mol. The number of hydrogen-bond acceptors (Lipinski definition) is 4. The van der Waals surface area contributed by atoms with E-state index in [4.69, 9.17) is 18.9 Å². The lowest BCUT2D eigenvalue weighted by Gasteiger charge is -2.32. The third kappa shape index (κ3) is 3.41. The van der Waals surface area contributed by atoms with Crippen LogP contribution >= 0.6 is 0 Å². The van der Waals surface area contributed by atoms with Gasteiger partial charge in [0.2, 0.25) is 0 Å². The van der Waals surface area contributed by atoms with Crippen LogP contribution in [0.4, 0.5) is 0 Å². The van der Waals surface area contributed by atoms with Gasteiger partial charge in [0.05, 0.1) is 12.7 Å². The number of hydrogen-bond donors (Lipinski definition) is 0. The van der Waals surface area contributed by atoms with E-state index in [0.29, 0.717) is 6.61 Å². The standard InChI is InChI=1S/C13H24O4/c1-3-4-5-6-7-15-10-8-11(14-2)13-16-9-12(10)17-13/h10-13H,3-9H2,1-2H3/t10-,11+,12+,13?/m0/s1. The van der Waals surface area contributed by atoms with Crippen molar-refractivity contribution in [1.29, 1.82) is 0 Å². The van der Waals surface area contributed by atoms with Gasteiger partial charge in [0.1, 0.15) is 12.2 Å². The molecule has 0 aromatic heterocycles. The molecule has 0 N–H and O–H groups in total. The molecular weight excluding hydrogens is 220 g/mol. The first-order chi connectivity index (χ1) is 8.35. The molecule has 0 amide bonds. The van der Waals surface area contributed by atoms with E-state index in [1.54, 1.807) is 7.11 Å². The Balaban J connectivity index is 1.69. The van der Waals surface area contributed by atoms with Crippen LogP contribution in [0.1, 0.15) is 39.0 Å². The van der Waals surface area contributed by atoms with Crippen LogP contribution in [0.2, 0.25) is 0 Å². The zero-order valence-corrected chi connectivity index (χ0v) is 10.9. The fraction of sp³-hybridized carbons (Fsp3) is 1.00. The average molecular weight is 244 g/mol. The third-order valence-electron chi connectivity index (χ3n) is 3.55. The summed E-state index contributed by atoms with van der Waals surface area (Å²) in [5.74, 6) is 0. The molecule has 17 heavy (non-hydrogen) atoms. The summed E-state index contributed by atoms with van der Waals surface area (Å²) >= 11 is 0. The summed E-state index contributed by atoms with van der Waals surface area (Å²) in [4.78, 5) is 0. The van der Waals surface area contributed by atoms with Crippen molar-refractivity contribution in [3.05, 3.63) is 0 Å². The summed E-state index contributed by atoms with van der Waals surface area (Å²) in [5, 5.41) is 0. The molecule has 2 heterocycles. The number of fused-ring (bicyclic) bond motifs is 2. The van der Waals surface area contributed by atoms with E-state index in [9.17, 15) is 0 Å². The van der Waals surface area contributed by atoms with Gasteiger partial charge in [0.25, 0.3) is 0 Å². The lowest BCUT2D eigenvalue weighted by molar-refractivity contribution is -0.199. The van der Waals surface area contributed by atoms with E-state index in [1.165, 1.54) is 19.3 Å². The number of rotatable bonds is 7.